The minimum atomic E-state index is -0.387. The molecule has 5 heteroatoms. The molecule has 0 unspecified atom stereocenters. The third-order valence-electron chi connectivity index (χ3n) is 4.27. The molecule has 0 spiro atoms. The second-order valence-corrected chi connectivity index (χ2v) is 6.59. The van der Waals surface area contributed by atoms with Crippen molar-refractivity contribution in [2.75, 3.05) is 6.61 Å². The molecule has 27 heavy (non-hydrogen) atoms. The van der Waals surface area contributed by atoms with Gasteiger partial charge in [0, 0.05) is 18.5 Å². The van der Waals surface area contributed by atoms with Crippen molar-refractivity contribution in [2.45, 2.75) is 20.5 Å². The Kier molecular flexibility index (Phi) is 5.50. The first kappa shape index (κ1) is 18.6. The van der Waals surface area contributed by atoms with Gasteiger partial charge in [-0.3, -0.25) is 4.79 Å². The first-order valence-electron chi connectivity index (χ1n) is 8.76. The van der Waals surface area contributed by atoms with Gasteiger partial charge in [-0.15, -0.1) is 0 Å². The Balaban J connectivity index is 1.91. The van der Waals surface area contributed by atoms with E-state index in [4.69, 9.17) is 9.47 Å². The van der Waals surface area contributed by atoms with Gasteiger partial charge in [0.15, 0.2) is 5.75 Å². The number of pyridine rings is 1. The number of aromatic nitrogens is 1. The van der Waals surface area contributed by atoms with Crippen LogP contribution in [-0.2, 0) is 13.7 Å². The lowest BCUT2D eigenvalue weighted by atomic mass is 10.1. The summed E-state index contributed by atoms with van der Waals surface area (Å²) < 4.78 is 12.8. The van der Waals surface area contributed by atoms with Crippen molar-refractivity contribution in [3.63, 3.8) is 0 Å². The van der Waals surface area contributed by atoms with Crippen molar-refractivity contribution < 1.29 is 14.6 Å². The Morgan fingerprint density at radius 2 is 1.85 bits per heavy atom. The molecule has 0 bridgehead atoms. The van der Waals surface area contributed by atoms with Crippen LogP contribution in [0.5, 0.6) is 17.2 Å². The van der Waals surface area contributed by atoms with Crippen LogP contribution in [0.4, 0.5) is 0 Å². The SMILES string of the molecule is CC(C)=CCOc1c(O)c2ccc(OCc3ccccc3)cc2n(C)c1=O. The summed E-state index contributed by atoms with van der Waals surface area (Å²) in [5.74, 6) is 0.435. The summed E-state index contributed by atoms with van der Waals surface area (Å²) in [6.07, 6.45) is 1.85. The highest BCUT2D eigenvalue weighted by Gasteiger charge is 2.16. The summed E-state index contributed by atoms with van der Waals surface area (Å²) in [4.78, 5) is 12.6. The summed E-state index contributed by atoms with van der Waals surface area (Å²) in [6, 6.07) is 15.1. The van der Waals surface area contributed by atoms with Crippen LogP contribution >= 0.6 is 0 Å². The summed E-state index contributed by atoms with van der Waals surface area (Å²) in [5, 5.41) is 11.1. The number of rotatable bonds is 6. The molecular weight excluding hydrogens is 342 g/mol. The van der Waals surface area contributed by atoms with Gasteiger partial charge in [-0.05, 0) is 37.6 Å². The summed E-state index contributed by atoms with van der Waals surface area (Å²) in [5.41, 5.74) is 2.32. The third-order valence-corrected chi connectivity index (χ3v) is 4.27. The van der Waals surface area contributed by atoms with E-state index in [0.29, 0.717) is 23.3 Å². The average Bonchev–Trinajstić information content (AvgIpc) is 2.67. The first-order valence-corrected chi connectivity index (χ1v) is 8.76. The van der Waals surface area contributed by atoms with E-state index >= 15 is 0 Å². The minimum Gasteiger partial charge on any atom is -0.504 e. The molecule has 140 valence electrons. The second kappa shape index (κ2) is 7.99. The van der Waals surface area contributed by atoms with Crippen molar-refractivity contribution in [1.82, 2.24) is 4.57 Å². The second-order valence-electron chi connectivity index (χ2n) is 6.59. The van der Waals surface area contributed by atoms with Crippen LogP contribution in [0.2, 0.25) is 0 Å². The van der Waals surface area contributed by atoms with Crippen molar-refractivity contribution in [2.24, 2.45) is 7.05 Å². The van der Waals surface area contributed by atoms with Gasteiger partial charge in [0.1, 0.15) is 19.0 Å². The summed E-state index contributed by atoms with van der Waals surface area (Å²) in [6.45, 7) is 4.54. The zero-order valence-electron chi connectivity index (χ0n) is 15.7. The molecular formula is C22H23NO4. The number of benzene rings is 2. The minimum absolute atomic E-state index is 0.0412. The molecule has 3 aromatic rings. The maximum absolute atomic E-state index is 12.6. The molecule has 2 aromatic carbocycles. The molecule has 0 aliphatic heterocycles. The summed E-state index contributed by atoms with van der Waals surface area (Å²) >= 11 is 0. The number of aryl methyl sites for hydroxylation is 1. The molecule has 0 fully saturated rings. The molecule has 3 rings (SSSR count). The molecule has 0 aliphatic rings. The molecule has 5 nitrogen and oxygen atoms in total. The molecule has 1 heterocycles. The fourth-order valence-electron chi connectivity index (χ4n) is 2.73. The highest BCUT2D eigenvalue weighted by Crippen LogP contribution is 2.33. The van der Waals surface area contributed by atoms with E-state index in [1.807, 2.05) is 50.3 Å². The topological polar surface area (TPSA) is 60.7 Å². The molecule has 1 aromatic heterocycles. The van der Waals surface area contributed by atoms with E-state index in [1.54, 1.807) is 25.2 Å². The van der Waals surface area contributed by atoms with Crippen molar-refractivity contribution in [3.05, 3.63) is 76.1 Å². The highest BCUT2D eigenvalue weighted by molar-refractivity contribution is 5.88. The zero-order valence-corrected chi connectivity index (χ0v) is 15.7. The van der Waals surface area contributed by atoms with E-state index in [9.17, 15) is 9.90 Å². The van der Waals surface area contributed by atoms with E-state index in [2.05, 4.69) is 0 Å². The molecule has 0 saturated heterocycles. The monoisotopic (exact) mass is 365 g/mol. The van der Waals surface area contributed by atoms with E-state index in [1.165, 1.54) is 4.57 Å². The standard InChI is InChI=1S/C22H23NO4/c1-15(2)11-12-26-21-20(24)18-10-9-17(13-19(18)23(3)22(21)25)27-14-16-7-5-4-6-8-16/h4-11,13,24H,12,14H2,1-3H3. The van der Waals surface area contributed by atoms with Crippen LogP contribution < -0.4 is 15.0 Å². The Hall–Kier alpha value is -3.21. The van der Waals surface area contributed by atoms with Gasteiger partial charge in [0.25, 0.3) is 5.56 Å². The van der Waals surface area contributed by atoms with Crippen LogP contribution in [0.15, 0.2) is 65.0 Å². The number of aromatic hydroxyl groups is 1. The van der Waals surface area contributed by atoms with Gasteiger partial charge >= 0.3 is 0 Å². The predicted molar refractivity (Wildman–Crippen MR) is 107 cm³/mol. The van der Waals surface area contributed by atoms with Gasteiger partial charge in [0.05, 0.1) is 5.52 Å². The Morgan fingerprint density at radius 3 is 2.56 bits per heavy atom. The maximum Gasteiger partial charge on any atom is 0.297 e. The Morgan fingerprint density at radius 1 is 1.11 bits per heavy atom. The van der Waals surface area contributed by atoms with Gasteiger partial charge in [-0.2, -0.15) is 0 Å². The smallest absolute Gasteiger partial charge is 0.297 e. The van der Waals surface area contributed by atoms with Crippen LogP contribution in [0, 0.1) is 0 Å². The number of nitrogens with zero attached hydrogens (tertiary/aromatic N) is 1. The van der Waals surface area contributed by atoms with Gasteiger partial charge < -0.3 is 19.1 Å². The predicted octanol–water partition coefficient (Wildman–Crippen LogP) is 4.17. The van der Waals surface area contributed by atoms with Crippen LogP contribution in [0.25, 0.3) is 10.9 Å². The lowest BCUT2D eigenvalue weighted by molar-refractivity contribution is 0.306. The van der Waals surface area contributed by atoms with E-state index < -0.39 is 0 Å². The highest BCUT2D eigenvalue weighted by atomic mass is 16.5. The number of hydrogen-bond acceptors (Lipinski definition) is 4. The van der Waals surface area contributed by atoms with Crippen LogP contribution in [0.3, 0.4) is 0 Å². The fourth-order valence-corrected chi connectivity index (χ4v) is 2.73. The molecule has 0 atom stereocenters. The molecule has 1 N–H and O–H groups in total. The van der Waals surface area contributed by atoms with Crippen molar-refractivity contribution in [3.8, 4) is 17.2 Å². The largest absolute Gasteiger partial charge is 0.504 e. The average molecular weight is 365 g/mol. The lowest BCUT2D eigenvalue weighted by Gasteiger charge is -2.14. The van der Waals surface area contributed by atoms with Crippen LogP contribution in [0.1, 0.15) is 19.4 Å². The van der Waals surface area contributed by atoms with E-state index in [0.717, 1.165) is 11.1 Å². The lowest BCUT2D eigenvalue weighted by Crippen LogP contribution is -2.20. The first-order chi connectivity index (χ1) is 13.0. The molecule has 0 radical (unpaired) electrons. The normalized spacial score (nSPS) is 10.6. The fraction of sp³-hybridized carbons (Fsp3) is 0.227. The maximum atomic E-state index is 12.6. The Bertz CT molecular complexity index is 1030. The third kappa shape index (κ3) is 4.14. The van der Waals surface area contributed by atoms with Gasteiger partial charge in [0.2, 0.25) is 5.75 Å². The quantitative estimate of drug-likeness (QED) is 0.666. The van der Waals surface area contributed by atoms with Crippen molar-refractivity contribution in [1.29, 1.82) is 0 Å². The van der Waals surface area contributed by atoms with Gasteiger partial charge in [-0.25, -0.2) is 0 Å². The number of allylic oxidation sites excluding steroid dienone is 1. The molecule has 0 aliphatic carbocycles. The Labute approximate surface area is 158 Å². The molecule has 0 saturated carbocycles. The number of fused-ring (bicyclic) bond motifs is 1. The zero-order chi connectivity index (χ0) is 19.4. The van der Waals surface area contributed by atoms with Crippen LogP contribution in [-0.4, -0.2) is 16.3 Å². The van der Waals surface area contributed by atoms with E-state index in [-0.39, 0.29) is 23.7 Å². The number of hydrogen-bond donors (Lipinski definition) is 1. The molecule has 0 amide bonds. The van der Waals surface area contributed by atoms with Gasteiger partial charge in [-0.1, -0.05) is 35.9 Å². The number of ether oxygens (including phenoxy) is 2. The van der Waals surface area contributed by atoms with Crippen molar-refractivity contribution >= 4 is 10.9 Å². The summed E-state index contributed by atoms with van der Waals surface area (Å²) in [7, 11) is 1.65.